The normalized spacial score (nSPS) is 10.0. The van der Waals surface area contributed by atoms with Gasteiger partial charge in [-0.3, -0.25) is 4.79 Å². The molecule has 0 aromatic heterocycles. The van der Waals surface area contributed by atoms with E-state index in [-0.39, 0.29) is 5.78 Å². The molecule has 0 bridgehead atoms. The van der Waals surface area contributed by atoms with Crippen LogP contribution in [-0.4, -0.2) is 19.4 Å². The molecule has 0 aliphatic carbocycles. The van der Waals surface area contributed by atoms with E-state index in [1.165, 1.54) is 0 Å². The molecule has 13 heavy (non-hydrogen) atoms. The van der Waals surface area contributed by atoms with E-state index in [2.05, 4.69) is 21.2 Å². The van der Waals surface area contributed by atoms with Gasteiger partial charge in [0, 0.05) is 23.0 Å². The number of carbonyl (C=O) groups is 1. The lowest BCUT2D eigenvalue weighted by Crippen LogP contribution is -2.12. The first-order valence-electron chi connectivity index (χ1n) is 4.17. The van der Waals surface area contributed by atoms with E-state index in [9.17, 15) is 4.79 Å². The molecule has 3 heteroatoms. The van der Waals surface area contributed by atoms with Gasteiger partial charge in [-0.2, -0.15) is 0 Å². The first kappa shape index (κ1) is 10.4. The molecule has 0 unspecified atom stereocenters. The van der Waals surface area contributed by atoms with Crippen LogP contribution in [0.1, 0.15) is 16.8 Å². The highest BCUT2D eigenvalue weighted by atomic mass is 79.9. The number of carbonyl (C=O) groups excluding carboxylic acids is 1. The van der Waals surface area contributed by atoms with Crippen molar-refractivity contribution in [1.29, 1.82) is 0 Å². The molecule has 0 heterocycles. The summed E-state index contributed by atoms with van der Waals surface area (Å²) in [5, 5.41) is 2.95. The van der Waals surface area contributed by atoms with Crippen LogP contribution in [0.2, 0.25) is 0 Å². The average molecular weight is 242 g/mol. The van der Waals surface area contributed by atoms with E-state index >= 15 is 0 Å². The van der Waals surface area contributed by atoms with Crippen molar-refractivity contribution >= 4 is 21.7 Å². The van der Waals surface area contributed by atoms with Crippen LogP contribution in [0.3, 0.4) is 0 Å². The molecule has 0 fully saturated rings. The molecule has 0 spiro atoms. The predicted octanol–water partition coefficient (Wildman–Crippen LogP) is 2.24. The van der Waals surface area contributed by atoms with Crippen LogP contribution in [-0.2, 0) is 0 Å². The SMILES string of the molecule is CNCCC(=O)c1cccc(Br)c1. The van der Waals surface area contributed by atoms with Crippen molar-refractivity contribution < 1.29 is 4.79 Å². The summed E-state index contributed by atoms with van der Waals surface area (Å²) in [6.45, 7) is 0.728. The van der Waals surface area contributed by atoms with Gasteiger partial charge in [-0.1, -0.05) is 28.1 Å². The Morgan fingerprint density at radius 1 is 1.54 bits per heavy atom. The van der Waals surface area contributed by atoms with Crippen LogP contribution in [0, 0.1) is 0 Å². The fourth-order valence-electron chi connectivity index (χ4n) is 1.04. The summed E-state index contributed by atoms with van der Waals surface area (Å²) in [5.74, 6) is 0.177. The van der Waals surface area contributed by atoms with Crippen molar-refractivity contribution in [1.82, 2.24) is 5.32 Å². The lowest BCUT2D eigenvalue weighted by Gasteiger charge is -2.00. The molecule has 0 atom stereocenters. The van der Waals surface area contributed by atoms with Gasteiger partial charge in [0.15, 0.2) is 5.78 Å². The fourth-order valence-corrected chi connectivity index (χ4v) is 1.44. The Hall–Kier alpha value is -0.670. The Labute approximate surface area is 86.5 Å². The lowest BCUT2D eigenvalue weighted by molar-refractivity contribution is 0.0983. The molecule has 1 aromatic rings. The van der Waals surface area contributed by atoms with Crippen molar-refractivity contribution in [2.75, 3.05) is 13.6 Å². The second-order valence-corrected chi connectivity index (χ2v) is 3.70. The minimum absolute atomic E-state index is 0.177. The molecule has 1 N–H and O–H groups in total. The molecule has 0 aliphatic heterocycles. The second kappa shape index (κ2) is 5.14. The zero-order valence-electron chi connectivity index (χ0n) is 7.51. The van der Waals surface area contributed by atoms with Gasteiger partial charge in [0.05, 0.1) is 0 Å². The number of halogens is 1. The largest absolute Gasteiger partial charge is 0.319 e. The standard InChI is InChI=1S/C10H12BrNO/c1-12-6-5-10(13)8-3-2-4-9(11)7-8/h2-4,7,12H,5-6H2,1H3. The fraction of sp³-hybridized carbons (Fsp3) is 0.300. The highest BCUT2D eigenvalue weighted by molar-refractivity contribution is 9.10. The van der Waals surface area contributed by atoms with Crippen molar-refractivity contribution in [2.45, 2.75) is 6.42 Å². The molecule has 0 radical (unpaired) electrons. The summed E-state index contributed by atoms with van der Waals surface area (Å²) in [6.07, 6.45) is 0.549. The van der Waals surface area contributed by atoms with Gasteiger partial charge in [-0.25, -0.2) is 0 Å². The van der Waals surface area contributed by atoms with Gasteiger partial charge in [-0.05, 0) is 19.2 Å². The summed E-state index contributed by atoms with van der Waals surface area (Å²) in [4.78, 5) is 11.5. The third-order valence-electron chi connectivity index (χ3n) is 1.75. The Morgan fingerprint density at radius 3 is 2.92 bits per heavy atom. The van der Waals surface area contributed by atoms with Crippen LogP contribution in [0.15, 0.2) is 28.7 Å². The number of hydrogen-bond donors (Lipinski definition) is 1. The minimum atomic E-state index is 0.177. The highest BCUT2D eigenvalue weighted by Gasteiger charge is 2.04. The van der Waals surface area contributed by atoms with Gasteiger partial charge in [0.25, 0.3) is 0 Å². The molecule has 0 aliphatic rings. The third-order valence-corrected chi connectivity index (χ3v) is 2.24. The number of ketones is 1. The van der Waals surface area contributed by atoms with E-state index in [1.54, 1.807) is 0 Å². The summed E-state index contributed by atoms with van der Waals surface area (Å²) in [5.41, 5.74) is 0.768. The molecule has 1 aromatic carbocycles. The molecule has 0 amide bonds. The summed E-state index contributed by atoms with van der Waals surface area (Å²) >= 11 is 3.33. The Morgan fingerprint density at radius 2 is 2.31 bits per heavy atom. The first-order valence-corrected chi connectivity index (χ1v) is 4.96. The molecular weight excluding hydrogens is 230 g/mol. The molecular formula is C10H12BrNO. The van der Waals surface area contributed by atoms with Crippen LogP contribution in [0.4, 0.5) is 0 Å². The maximum Gasteiger partial charge on any atom is 0.164 e. The average Bonchev–Trinajstić information content (AvgIpc) is 2.14. The number of hydrogen-bond acceptors (Lipinski definition) is 2. The van der Waals surface area contributed by atoms with Crippen molar-refractivity contribution in [3.8, 4) is 0 Å². The first-order chi connectivity index (χ1) is 6.24. The molecule has 70 valence electrons. The number of nitrogens with one attached hydrogen (secondary N) is 1. The second-order valence-electron chi connectivity index (χ2n) is 2.79. The summed E-state index contributed by atoms with van der Waals surface area (Å²) in [6, 6.07) is 7.46. The Balaban J connectivity index is 2.66. The Kier molecular flexibility index (Phi) is 4.12. The number of Topliss-reactive ketones (excluding diaryl/α,β-unsaturated/α-hetero) is 1. The van der Waals surface area contributed by atoms with Crippen LogP contribution < -0.4 is 5.32 Å². The predicted molar refractivity (Wildman–Crippen MR) is 57.0 cm³/mol. The van der Waals surface area contributed by atoms with Crippen molar-refractivity contribution in [2.24, 2.45) is 0 Å². The van der Waals surface area contributed by atoms with Crippen molar-refractivity contribution in [3.63, 3.8) is 0 Å². The topological polar surface area (TPSA) is 29.1 Å². The molecule has 1 rings (SSSR count). The van der Waals surface area contributed by atoms with Crippen molar-refractivity contribution in [3.05, 3.63) is 34.3 Å². The van der Waals surface area contributed by atoms with E-state index < -0.39 is 0 Å². The third kappa shape index (κ3) is 3.28. The van der Waals surface area contributed by atoms with E-state index in [0.717, 1.165) is 16.6 Å². The lowest BCUT2D eigenvalue weighted by atomic mass is 10.1. The maximum absolute atomic E-state index is 11.5. The molecule has 0 saturated carbocycles. The number of benzene rings is 1. The van der Waals surface area contributed by atoms with E-state index in [4.69, 9.17) is 0 Å². The summed E-state index contributed by atoms with van der Waals surface area (Å²) in [7, 11) is 1.84. The van der Waals surface area contributed by atoms with Gasteiger partial charge < -0.3 is 5.32 Å². The summed E-state index contributed by atoms with van der Waals surface area (Å²) < 4.78 is 0.947. The van der Waals surface area contributed by atoms with Gasteiger partial charge in [-0.15, -0.1) is 0 Å². The quantitative estimate of drug-likeness (QED) is 0.820. The number of rotatable bonds is 4. The van der Waals surface area contributed by atoms with E-state index in [1.807, 2.05) is 31.3 Å². The molecule has 2 nitrogen and oxygen atoms in total. The van der Waals surface area contributed by atoms with E-state index in [0.29, 0.717) is 6.42 Å². The van der Waals surface area contributed by atoms with Crippen LogP contribution >= 0.6 is 15.9 Å². The highest BCUT2D eigenvalue weighted by Crippen LogP contribution is 2.12. The minimum Gasteiger partial charge on any atom is -0.319 e. The van der Waals surface area contributed by atoms with Gasteiger partial charge in [0.1, 0.15) is 0 Å². The van der Waals surface area contributed by atoms with Gasteiger partial charge in [0.2, 0.25) is 0 Å². The van der Waals surface area contributed by atoms with Crippen LogP contribution in [0.5, 0.6) is 0 Å². The van der Waals surface area contributed by atoms with Gasteiger partial charge >= 0.3 is 0 Å². The smallest absolute Gasteiger partial charge is 0.164 e. The zero-order chi connectivity index (χ0) is 9.68. The monoisotopic (exact) mass is 241 g/mol. The maximum atomic E-state index is 11.5. The zero-order valence-corrected chi connectivity index (χ0v) is 9.10. The van der Waals surface area contributed by atoms with Crippen LogP contribution in [0.25, 0.3) is 0 Å². The Bertz CT molecular complexity index is 299. The molecule has 0 saturated heterocycles.